The second-order valence-corrected chi connectivity index (χ2v) is 8.99. The number of β-amino-alcohol motifs (C(OH)–C–C–N with tert-alkyl or cyclic N) is 1. The Morgan fingerprint density at radius 3 is 2.67 bits per heavy atom. The van der Waals surface area contributed by atoms with Crippen molar-refractivity contribution in [3.63, 3.8) is 0 Å². The molecule has 3 aromatic carbocycles. The van der Waals surface area contributed by atoms with Crippen molar-refractivity contribution in [3.8, 4) is 5.75 Å². The van der Waals surface area contributed by atoms with E-state index in [0.717, 1.165) is 42.6 Å². The standard InChI is InChI=1S/C27H33N3O3/c1-29(2)13-14-33-26-10-9-21-15-23(8-7-22(21)16-26)27(32)28-17-25(31)19-30-12-11-20-5-3-4-6-24(20)18-30/h3-10,15-16,25,31H,11-14,17-19H2,1-2H3,(H,28,32). The molecule has 6 nitrogen and oxygen atoms in total. The summed E-state index contributed by atoms with van der Waals surface area (Å²) in [7, 11) is 4.03. The van der Waals surface area contributed by atoms with Gasteiger partial charge in [-0.25, -0.2) is 0 Å². The van der Waals surface area contributed by atoms with Crippen LogP contribution in [0.1, 0.15) is 21.5 Å². The number of hydrogen-bond acceptors (Lipinski definition) is 5. The number of nitrogens with one attached hydrogen (secondary N) is 1. The molecular formula is C27H33N3O3. The minimum atomic E-state index is -0.610. The normalized spacial score (nSPS) is 14.8. The topological polar surface area (TPSA) is 65.0 Å². The van der Waals surface area contributed by atoms with Gasteiger partial charge in [0, 0.05) is 38.3 Å². The minimum absolute atomic E-state index is 0.175. The molecule has 1 unspecified atom stereocenters. The summed E-state index contributed by atoms with van der Waals surface area (Å²) >= 11 is 0. The number of amides is 1. The summed E-state index contributed by atoms with van der Waals surface area (Å²) in [4.78, 5) is 17.0. The molecule has 0 saturated heterocycles. The molecule has 2 N–H and O–H groups in total. The Kier molecular flexibility index (Phi) is 7.60. The average Bonchev–Trinajstić information content (AvgIpc) is 2.82. The fraction of sp³-hybridized carbons (Fsp3) is 0.370. The zero-order valence-corrected chi connectivity index (χ0v) is 19.5. The molecule has 0 fully saturated rings. The number of hydrogen-bond donors (Lipinski definition) is 2. The van der Waals surface area contributed by atoms with Crippen LogP contribution in [0.5, 0.6) is 5.75 Å². The first-order valence-corrected chi connectivity index (χ1v) is 11.5. The van der Waals surface area contributed by atoms with E-state index in [2.05, 4.69) is 39.4 Å². The SMILES string of the molecule is CN(C)CCOc1ccc2cc(C(=O)NCC(O)CN3CCc4ccccc4C3)ccc2c1. The molecule has 1 amide bonds. The van der Waals surface area contributed by atoms with E-state index < -0.39 is 6.10 Å². The lowest BCUT2D eigenvalue weighted by atomic mass is 10.00. The first-order valence-electron chi connectivity index (χ1n) is 11.5. The van der Waals surface area contributed by atoms with Crippen LogP contribution in [0, 0.1) is 0 Å². The fourth-order valence-electron chi connectivity index (χ4n) is 4.19. The summed E-state index contributed by atoms with van der Waals surface area (Å²) in [5, 5.41) is 15.4. The Balaban J connectivity index is 1.28. The van der Waals surface area contributed by atoms with Gasteiger partial charge in [-0.3, -0.25) is 9.69 Å². The third-order valence-electron chi connectivity index (χ3n) is 6.06. The molecule has 1 aliphatic heterocycles. The van der Waals surface area contributed by atoms with Gasteiger partial charge in [0.1, 0.15) is 12.4 Å². The van der Waals surface area contributed by atoms with Gasteiger partial charge in [-0.2, -0.15) is 0 Å². The van der Waals surface area contributed by atoms with Gasteiger partial charge in [0.15, 0.2) is 0 Å². The molecule has 0 radical (unpaired) electrons. The molecular weight excluding hydrogens is 414 g/mol. The maximum absolute atomic E-state index is 12.7. The molecule has 1 heterocycles. The van der Waals surface area contributed by atoms with E-state index >= 15 is 0 Å². The molecule has 0 aliphatic carbocycles. The lowest BCUT2D eigenvalue weighted by Gasteiger charge is -2.30. The number of carbonyl (C=O) groups excluding carboxylic acids is 1. The van der Waals surface area contributed by atoms with Crippen LogP contribution in [-0.2, 0) is 13.0 Å². The number of benzene rings is 3. The van der Waals surface area contributed by atoms with Crippen molar-refractivity contribution < 1.29 is 14.6 Å². The highest BCUT2D eigenvalue weighted by Gasteiger charge is 2.19. The maximum atomic E-state index is 12.7. The van der Waals surface area contributed by atoms with Crippen molar-refractivity contribution in [2.45, 2.75) is 19.1 Å². The van der Waals surface area contributed by atoms with Crippen LogP contribution < -0.4 is 10.1 Å². The monoisotopic (exact) mass is 447 g/mol. The van der Waals surface area contributed by atoms with E-state index in [1.807, 2.05) is 50.5 Å². The third-order valence-corrected chi connectivity index (χ3v) is 6.06. The van der Waals surface area contributed by atoms with E-state index in [9.17, 15) is 9.90 Å². The van der Waals surface area contributed by atoms with E-state index in [-0.39, 0.29) is 12.5 Å². The van der Waals surface area contributed by atoms with Gasteiger partial charge >= 0.3 is 0 Å². The van der Waals surface area contributed by atoms with Crippen molar-refractivity contribution in [1.29, 1.82) is 0 Å². The van der Waals surface area contributed by atoms with E-state index in [1.54, 1.807) is 0 Å². The highest BCUT2D eigenvalue weighted by Crippen LogP contribution is 2.22. The van der Waals surface area contributed by atoms with E-state index in [4.69, 9.17) is 4.74 Å². The lowest BCUT2D eigenvalue weighted by molar-refractivity contribution is 0.0842. The molecule has 33 heavy (non-hydrogen) atoms. The van der Waals surface area contributed by atoms with Crippen molar-refractivity contribution in [3.05, 3.63) is 77.4 Å². The van der Waals surface area contributed by atoms with Crippen LogP contribution in [0.3, 0.4) is 0 Å². The predicted molar refractivity (Wildman–Crippen MR) is 132 cm³/mol. The van der Waals surface area contributed by atoms with E-state index in [1.165, 1.54) is 11.1 Å². The average molecular weight is 448 g/mol. The molecule has 0 saturated carbocycles. The molecule has 1 aliphatic rings. The van der Waals surface area contributed by atoms with Crippen molar-refractivity contribution >= 4 is 16.7 Å². The summed E-state index contributed by atoms with van der Waals surface area (Å²) < 4.78 is 5.80. The Morgan fingerprint density at radius 2 is 1.85 bits per heavy atom. The smallest absolute Gasteiger partial charge is 0.251 e. The molecule has 0 spiro atoms. The largest absolute Gasteiger partial charge is 0.492 e. The Hall–Kier alpha value is -2.93. The van der Waals surface area contributed by atoms with Crippen LogP contribution >= 0.6 is 0 Å². The number of ether oxygens (including phenoxy) is 1. The molecule has 4 rings (SSSR count). The van der Waals surface area contributed by atoms with Gasteiger partial charge < -0.3 is 20.1 Å². The number of fused-ring (bicyclic) bond motifs is 2. The first kappa shape index (κ1) is 23.2. The van der Waals surface area contributed by atoms with Gasteiger partial charge in [-0.05, 0) is 66.7 Å². The van der Waals surface area contributed by atoms with Gasteiger partial charge in [0.2, 0.25) is 0 Å². The van der Waals surface area contributed by atoms with Crippen LogP contribution in [0.2, 0.25) is 0 Å². The highest BCUT2D eigenvalue weighted by molar-refractivity contribution is 5.98. The summed E-state index contributed by atoms with van der Waals surface area (Å²) in [6, 6.07) is 20.0. The predicted octanol–water partition coefficient (Wildman–Crippen LogP) is 2.93. The highest BCUT2D eigenvalue weighted by atomic mass is 16.5. The van der Waals surface area contributed by atoms with Crippen molar-refractivity contribution in [1.82, 2.24) is 15.1 Å². The summed E-state index contributed by atoms with van der Waals surface area (Å²) in [6.07, 6.45) is 0.385. The molecule has 3 aromatic rings. The number of aliphatic hydroxyl groups excluding tert-OH is 1. The van der Waals surface area contributed by atoms with Gasteiger partial charge in [0.25, 0.3) is 5.91 Å². The zero-order chi connectivity index (χ0) is 23.2. The Bertz CT molecular complexity index is 1100. The number of nitrogens with zero attached hydrogens (tertiary/aromatic N) is 2. The lowest BCUT2D eigenvalue weighted by Crippen LogP contribution is -2.42. The second kappa shape index (κ2) is 10.8. The Labute approximate surface area is 195 Å². The van der Waals surface area contributed by atoms with Gasteiger partial charge in [-0.15, -0.1) is 0 Å². The number of rotatable bonds is 9. The van der Waals surface area contributed by atoms with E-state index in [0.29, 0.717) is 18.7 Å². The summed E-state index contributed by atoms with van der Waals surface area (Å²) in [6.45, 7) is 4.02. The molecule has 0 aromatic heterocycles. The third kappa shape index (κ3) is 6.32. The number of carbonyl (C=O) groups is 1. The molecule has 6 heteroatoms. The van der Waals surface area contributed by atoms with Gasteiger partial charge in [-0.1, -0.05) is 36.4 Å². The summed E-state index contributed by atoms with van der Waals surface area (Å²) in [5.41, 5.74) is 3.30. The van der Waals surface area contributed by atoms with Crippen molar-refractivity contribution in [2.75, 3.05) is 46.9 Å². The van der Waals surface area contributed by atoms with Crippen LogP contribution in [0.15, 0.2) is 60.7 Å². The van der Waals surface area contributed by atoms with Crippen LogP contribution in [0.25, 0.3) is 10.8 Å². The van der Waals surface area contributed by atoms with Gasteiger partial charge in [0.05, 0.1) is 6.10 Å². The van der Waals surface area contributed by atoms with Crippen molar-refractivity contribution in [2.24, 2.45) is 0 Å². The number of likely N-dealkylation sites (N-methyl/N-ethyl adjacent to an activating group) is 1. The Morgan fingerprint density at radius 1 is 1.09 bits per heavy atom. The molecule has 174 valence electrons. The minimum Gasteiger partial charge on any atom is -0.492 e. The quantitative estimate of drug-likeness (QED) is 0.528. The second-order valence-electron chi connectivity index (χ2n) is 8.99. The molecule has 1 atom stereocenters. The maximum Gasteiger partial charge on any atom is 0.251 e. The fourth-order valence-corrected chi connectivity index (χ4v) is 4.19. The molecule has 0 bridgehead atoms. The summed E-state index contributed by atoms with van der Waals surface area (Å²) in [5.74, 6) is 0.649. The number of aliphatic hydroxyl groups is 1. The van der Waals surface area contributed by atoms with Crippen LogP contribution in [-0.4, -0.2) is 73.8 Å². The zero-order valence-electron chi connectivity index (χ0n) is 19.5. The van der Waals surface area contributed by atoms with Crippen LogP contribution in [0.4, 0.5) is 0 Å². The first-order chi connectivity index (χ1) is 16.0.